The number of aromatic nitrogens is 2. The summed E-state index contributed by atoms with van der Waals surface area (Å²) in [7, 11) is 1.40. The molecule has 0 aliphatic carbocycles. The van der Waals surface area contributed by atoms with Gasteiger partial charge in [-0.05, 0) is 31.2 Å². The second-order valence-electron chi connectivity index (χ2n) is 4.75. The third-order valence-corrected chi connectivity index (χ3v) is 3.27. The van der Waals surface area contributed by atoms with Crippen LogP contribution in [0.4, 0.5) is 0 Å². The summed E-state index contributed by atoms with van der Waals surface area (Å²) in [5.41, 5.74) is 1.81. The zero-order valence-corrected chi connectivity index (χ0v) is 12.3. The lowest BCUT2D eigenvalue weighted by Gasteiger charge is -2.26. The van der Waals surface area contributed by atoms with Gasteiger partial charge in [0.15, 0.2) is 0 Å². The minimum absolute atomic E-state index is 0.262. The van der Waals surface area contributed by atoms with E-state index >= 15 is 0 Å². The molecule has 0 fully saturated rings. The summed E-state index contributed by atoms with van der Waals surface area (Å²) in [6, 6.07) is 11.1. The van der Waals surface area contributed by atoms with Gasteiger partial charge < -0.3 is 4.74 Å². The Labute approximate surface area is 124 Å². The summed E-state index contributed by atoms with van der Waals surface area (Å²) in [4.78, 5) is 22.5. The van der Waals surface area contributed by atoms with E-state index in [1.807, 2.05) is 48.2 Å². The molecule has 0 saturated carbocycles. The number of rotatable bonds is 6. The minimum atomic E-state index is -0.362. The molecule has 0 amide bonds. The highest BCUT2D eigenvalue weighted by Crippen LogP contribution is 2.11. The number of pyridine rings is 2. The SMILES string of the molecule is COC(=O)C(C)N(Cc1ccccn1)Cc1ccccn1. The molecule has 0 radical (unpaired) electrons. The molecule has 2 heterocycles. The zero-order valence-electron chi connectivity index (χ0n) is 12.3. The first-order chi connectivity index (χ1) is 10.2. The standard InChI is InChI=1S/C16H19N3O2/c1-13(16(20)21-2)19(11-14-7-3-5-9-17-14)12-15-8-4-6-10-18-15/h3-10,13H,11-12H2,1-2H3. The molecule has 0 saturated heterocycles. The van der Waals surface area contributed by atoms with Crippen molar-refractivity contribution in [2.45, 2.75) is 26.1 Å². The highest BCUT2D eigenvalue weighted by molar-refractivity contribution is 5.75. The number of carbonyl (C=O) groups is 1. The van der Waals surface area contributed by atoms with E-state index in [0.29, 0.717) is 13.1 Å². The quantitative estimate of drug-likeness (QED) is 0.760. The van der Waals surface area contributed by atoms with Crippen molar-refractivity contribution in [3.05, 3.63) is 60.2 Å². The van der Waals surface area contributed by atoms with Crippen molar-refractivity contribution in [3.63, 3.8) is 0 Å². The lowest BCUT2D eigenvalue weighted by molar-refractivity contribution is -0.146. The zero-order chi connectivity index (χ0) is 15.1. The fourth-order valence-corrected chi connectivity index (χ4v) is 2.05. The highest BCUT2D eigenvalue weighted by Gasteiger charge is 2.23. The van der Waals surface area contributed by atoms with Crippen molar-refractivity contribution in [2.75, 3.05) is 7.11 Å². The van der Waals surface area contributed by atoms with Gasteiger partial charge in [0.05, 0.1) is 18.5 Å². The van der Waals surface area contributed by atoms with E-state index in [4.69, 9.17) is 4.74 Å². The lowest BCUT2D eigenvalue weighted by atomic mass is 10.2. The lowest BCUT2D eigenvalue weighted by Crippen LogP contribution is -2.39. The number of methoxy groups -OCH3 is 1. The van der Waals surface area contributed by atoms with Crippen LogP contribution in [-0.2, 0) is 22.6 Å². The molecule has 0 spiro atoms. The van der Waals surface area contributed by atoms with Crippen molar-refractivity contribution in [3.8, 4) is 0 Å². The Hall–Kier alpha value is -2.27. The van der Waals surface area contributed by atoms with Gasteiger partial charge in [0.2, 0.25) is 0 Å². The van der Waals surface area contributed by atoms with E-state index in [2.05, 4.69) is 9.97 Å². The van der Waals surface area contributed by atoms with Gasteiger partial charge in [-0.25, -0.2) is 0 Å². The van der Waals surface area contributed by atoms with E-state index in [-0.39, 0.29) is 12.0 Å². The normalized spacial score (nSPS) is 12.1. The Kier molecular flexibility index (Phi) is 5.40. The van der Waals surface area contributed by atoms with Crippen LogP contribution in [-0.4, -0.2) is 34.0 Å². The third kappa shape index (κ3) is 4.36. The van der Waals surface area contributed by atoms with Crippen LogP contribution < -0.4 is 0 Å². The molecular weight excluding hydrogens is 266 g/mol. The molecule has 110 valence electrons. The van der Waals surface area contributed by atoms with Gasteiger partial charge >= 0.3 is 5.97 Å². The first-order valence-electron chi connectivity index (χ1n) is 6.82. The smallest absolute Gasteiger partial charge is 0.322 e. The molecule has 5 nitrogen and oxygen atoms in total. The van der Waals surface area contributed by atoms with Crippen molar-refractivity contribution in [2.24, 2.45) is 0 Å². The maximum absolute atomic E-state index is 11.8. The second-order valence-corrected chi connectivity index (χ2v) is 4.75. The molecule has 5 heteroatoms. The maximum Gasteiger partial charge on any atom is 0.322 e. The number of ether oxygens (including phenoxy) is 1. The fourth-order valence-electron chi connectivity index (χ4n) is 2.05. The van der Waals surface area contributed by atoms with Crippen LogP contribution in [0.3, 0.4) is 0 Å². The average Bonchev–Trinajstić information content (AvgIpc) is 2.54. The van der Waals surface area contributed by atoms with E-state index in [1.165, 1.54) is 7.11 Å². The number of hydrogen-bond donors (Lipinski definition) is 0. The van der Waals surface area contributed by atoms with Crippen LogP contribution in [0.2, 0.25) is 0 Å². The van der Waals surface area contributed by atoms with Crippen LogP contribution in [0.1, 0.15) is 18.3 Å². The molecule has 0 N–H and O–H groups in total. The Bertz CT molecular complexity index is 519. The predicted octanol–water partition coefficient (Wildman–Crippen LogP) is 2.04. The molecule has 21 heavy (non-hydrogen) atoms. The number of hydrogen-bond acceptors (Lipinski definition) is 5. The molecule has 2 rings (SSSR count). The van der Waals surface area contributed by atoms with Gasteiger partial charge in [-0.1, -0.05) is 12.1 Å². The topological polar surface area (TPSA) is 55.3 Å². The number of esters is 1. The molecule has 2 aromatic rings. The fraction of sp³-hybridized carbons (Fsp3) is 0.312. The maximum atomic E-state index is 11.8. The Balaban J connectivity index is 2.15. The summed E-state index contributed by atoms with van der Waals surface area (Å²) in [5.74, 6) is -0.262. The molecule has 1 atom stereocenters. The highest BCUT2D eigenvalue weighted by atomic mass is 16.5. The van der Waals surface area contributed by atoms with Gasteiger partial charge in [0.25, 0.3) is 0 Å². The Morgan fingerprint density at radius 1 is 1.10 bits per heavy atom. The first kappa shape index (κ1) is 15.1. The van der Waals surface area contributed by atoms with E-state index in [1.54, 1.807) is 12.4 Å². The molecule has 0 aliphatic heterocycles. The van der Waals surface area contributed by atoms with Crippen molar-refractivity contribution >= 4 is 5.97 Å². The predicted molar refractivity (Wildman–Crippen MR) is 79.2 cm³/mol. The van der Waals surface area contributed by atoms with Gasteiger partial charge in [-0.15, -0.1) is 0 Å². The van der Waals surface area contributed by atoms with Crippen LogP contribution >= 0.6 is 0 Å². The summed E-state index contributed by atoms with van der Waals surface area (Å²) in [5, 5.41) is 0. The van der Waals surface area contributed by atoms with Crippen LogP contribution in [0.25, 0.3) is 0 Å². The Morgan fingerprint density at radius 2 is 1.62 bits per heavy atom. The van der Waals surface area contributed by atoms with Crippen molar-refractivity contribution in [1.82, 2.24) is 14.9 Å². The number of carbonyl (C=O) groups excluding carboxylic acids is 1. The van der Waals surface area contributed by atoms with E-state index in [9.17, 15) is 4.79 Å². The first-order valence-corrected chi connectivity index (χ1v) is 6.82. The number of nitrogens with zero attached hydrogens (tertiary/aromatic N) is 3. The van der Waals surface area contributed by atoms with Gasteiger partial charge in [0, 0.05) is 25.5 Å². The molecule has 0 aromatic carbocycles. The summed E-state index contributed by atoms with van der Waals surface area (Å²) in [6.45, 7) is 2.96. The minimum Gasteiger partial charge on any atom is -0.468 e. The van der Waals surface area contributed by atoms with Crippen molar-refractivity contribution < 1.29 is 9.53 Å². The molecule has 0 bridgehead atoms. The summed E-state index contributed by atoms with van der Waals surface area (Å²) >= 11 is 0. The molecule has 1 unspecified atom stereocenters. The van der Waals surface area contributed by atoms with E-state index in [0.717, 1.165) is 11.4 Å². The summed E-state index contributed by atoms with van der Waals surface area (Å²) in [6.07, 6.45) is 3.49. The van der Waals surface area contributed by atoms with Gasteiger partial charge in [-0.3, -0.25) is 19.7 Å². The van der Waals surface area contributed by atoms with Crippen LogP contribution in [0.15, 0.2) is 48.8 Å². The average molecular weight is 285 g/mol. The third-order valence-electron chi connectivity index (χ3n) is 3.27. The summed E-state index contributed by atoms with van der Waals surface area (Å²) < 4.78 is 4.85. The van der Waals surface area contributed by atoms with Crippen LogP contribution in [0.5, 0.6) is 0 Å². The van der Waals surface area contributed by atoms with Gasteiger partial charge in [0.1, 0.15) is 6.04 Å². The van der Waals surface area contributed by atoms with Gasteiger partial charge in [-0.2, -0.15) is 0 Å². The monoisotopic (exact) mass is 285 g/mol. The Morgan fingerprint density at radius 3 is 2.00 bits per heavy atom. The molecule has 0 aliphatic rings. The molecular formula is C16H19N3O2. The second kappa shape index (κ2) is 7.50. The van der Waals surface area contributed by atoms with Crippen LogP contribution in [0, 0.1) is 0 Å². The van der Waals surface area contributed by atoms with Crippen molar-refractivity contribution in [1.29, 1.82) is 0 Å². The largest absolute Gasteiger partial charge is 0.468 e. The van der Waals surface area contributed by atoms with E-state index < -0.39 is 0 Å². The molecule has 2 aromatic heterocycles.